The van der Waals surface area contributed by atoms with Crippen molar-refractivity contribution in [2.24, 2.45) is 0 Å². The van der Waals surface area contributed by atoms with Crippen molar-refractivity contribution in [2.45, 2.75) is 44.0 Å². The molecule has 5 nitrogen and oxygen atoms in total. The van der Waals surface area contributed by atoms with Crippen molar-refractivity contribution in [1.29, 1.82) is 0 Å². The van der Waals surface area contributed by atoms with Crippen molar-refractivity contribution in [1.82, 2.24) is 10.3 Å². The molecule has 1 saturated heterocycles. The van der Waals surface area contributed by atoms with Crippen LogP contribution in [0.3, 0.4) is 0 Å². The number of amides is 1. The van der Waals surface area contributed by atoms with E-state index in [2.05, 4.69) is 10.3 Å². The van der Waals surface area contributed by atoms with Gasteiger partial charge in [0.1, 0.15) is 6.10 Å². The van der Waals surface area contributed by atoms with Crippen molar-refractivity contribution in [2.75, 3.05) is 13.2 Å². The second-order valence-electron chi connectivity index (χ2n) is 5.47. The Kier molecular flexibility index (Phi) is 3.98. The van der Waals surface area contributed by atoms with Crippen molar-refractivity contribution < 1.29 is 14.3 Å². The van der Waals surface area contributed by atoms with E-state index in [0.29, 0.717) is 18.7 Å². The third-order valence-corrected chi connectivity index (χ3v) is 3.94. The third kappa shape index (κ3) is 2.99. The van der Waals surface area contributed by atoms with Crippen molar-refractivity contribution in [3.05, 3.63) is 30.1 Å². The first-order valence-corrected chi connectivity index (χ1v) is 7.27. The van der Waals surface area contributed by atoms with Crippen molar-refractivity contribution >= 4 is 5.91 Å². The minimum atomic E-state index is -0.373. The van der Waals surface area contributed by atoms with Gasteiger partial charge in [-0.15, -0.1) is 0 Å². The maximum Gasteiger partial charge on any atom is 0.252 e. The van der Waals surface area contributed by atoms with Crippen LogP contribution in [0.15, 0.2) is 24.5 Å². The predicted octanol–water partition coefficient (Wildman–Crippen LogP) is 1.89. The average Bonchev–Trinajstić information content (AvgIpc) is 2.89. The fraction of sp³-hybridized carbons (Fsp3) is 0.600. The van der Waals surface area contributed by atoms with Gasteiger partial charge in [-0.05, 0) is 25.0 Å². The van der Waals surface area contributed by atoms with E-state index in [4.69, 9.17) is 9.47 Å². The molecule has 1 atom stereocenters. The van der Waals surface area contributed by atoms with Crippen molar-refractivity contribution in [3.8, 4) is 0 Å². The smallest absolute Gasteiger partial charge is 0.252 e. The van der Waals surface area contributed by atoms with Crippen LogP contribution in [0.1, 0.15) is 42.5 Å². The zero-order valence-electron chi connectivity index (χ0n) is 11.5. The van der Waals surface area contributed by atoms with Gasteiger partial charge in [0, 0.05) is 31.8 Å². The lowest BCUT2D eigenvalue weighted by molar-refractivity contribution is -0.186. The van der Waals surface area contributed by atoms with Gasteiger partial charge in [-0.2, -0.15) is 0 Å². The summed E-state index contributed by atoms with van der Waals surface area (Å²) < 4.78 is 11.9. The molecule has 1 aliphatic heterocycles. The van der Waals surface area contributed by atoms with Gasteiger partial charge in [0.15, 0.2) is 5.79 Å². The Hall–Kier alpha value is -1.46. The van der Waals surface area contributed by atoms with Gasteiger partial charge in [-0.1, -0.05) is 6.42 Å². The lowest BCUT2D eigenvalue weighted by atomic mass is 9.94. The first-order valence-electron chi connectivity index (χ1n) is 7.27. The molecule has 2 heterocycles. The zero-order valence-corrected chi connectivity index (χ0v) is 11.5. The molecule has 3 rings (SSSR count). The lowest BCUT2D eigenvalue weighted by Gasteiger charge is -2.31. The predicted molar refractivity (Wildman–Crippen MR) is 73.2 cm³/mol. The van der Waals surface area contributed by atoms with Crippen LogP contribution in [-0.2, 0) is 9.47 Å². The zero-order chi connectivity index (χ0) is 13.8. The third-order valence-electron chi connectivity index (χ3n) is 3.94. The minimum absolute atomic E-state index is 0.0475. The molecule has 2 fully saturated rings. The number of ether oxygens (including phenoxy) is 2. The van der Waals surface area contributed by atoms with E-state index in [9.17, 15) is 4.79 Å². The molecule has 0 aromatic carbocycles. The molecular formula is C15H20N2O3. The van der Waals surface area contributed by atoms with E-state index < -0.39 is 0 Å². The second kappa shape index (κ2) is 5.89. The summed E-state index contributed by atoms with van der Waals surface area (Å²) in [6.45, 7) is 1.04. The first-order chi connectivity index (χ1) is 9.77. The highest BCUT2D eigenvalue weighted by atomic mass is 16.7. The molecule has 108 valence electrons. The van der Waals surface area contributed by atoms with Crippen LogP contribution in [0, 0.1) is 0 Å². The lowest BCUT2D eigenvalue weighted by Crippen LogP contribution is -2.37. The number of aromatic nitrogens is 1. The largest absolute Gasteiger partial charge is 0.349 e. The Balaban J connectivity index is 1.49. The summed E-state index contributed by atoms with van der Waals surface area (Å²) in [5.41, 5.74) is 0.568. The highest BCUT2D eigenvalue weighted by Gasteiger charge is 2.42. The quantitative estimate of drug-likeness (QED) is 0.915. The number of nitrogens with one attached hydrogen (secondary N) is 1. The van der Waals surface area contributed by atoms with Crippen LogP contribution in [0.2, 0.25) is 0 Å². The minimum Gasteiger partial charge on any atom is -0.349 e. The van der Waals surface area contributed by atoms with Crippen LogP contribution < -0.4 is 5.32 Å². The molecule has 1 amide bonds. The molecule has 1 aromatic rings. The summed E-state index contributed by atoms with van der Waals surface area (Å²) in [6.07, 6.45) is 8.69. The molecule has 1 aliphatic carbocycles. The Morgan fingerprint density at radius 1 is 1.40 bits per heavy atom. The maximum atomic E-state index is 11.9. The number of carbonyl (C=O) groups excluding carboxylic acids is 1. The van der Waals surface area contributed by atoms with Gasteiger partial charge in [0.05, 0.1) is 12.2 Å². The fourth-order valence-corrected chi connectivity index (χ4v) is 2.88. The van der Waals surface area contributed by atoms with Crippen LogP contribution in [0.25, 0.3) is 0 Å². The average molecular weight is 276 g/mol. The molecule has 1 N–H and O–H groups in total. The Labute approximate surface area is 118 Å². The SMILES string of the molecule is O=C(NC[C@H]1COC2(CCCCC2)O1)c1cccnc1. The molecule has 0 bridgehead atoms. The van der Waals surface area contributed by atoms with Gasteiger partial charge < -0.3 is 14.8 Å². The van der Waals surface area contributed by atoms with E-state index >= 15 is 0 Å². The topological polar surface area (TPSA) is 60.5 Å². The van der Waals surface area contributed by atoms with Gasteiger partial charge in [0.25, 0.3) is 5.91 Å². The van der Waals surface area contributed by atoms with Crippen LogP contribution >= 0.6 is 0 Å². The van der Waals surface area contributed by atoms with E-state index in [1.54, 1.807) is 24.5 Å². The summed E-state index contributed by atoms with van der Waals surface area (Å²) in [6, 6.07) is 3.50. The Morgan fingerprint density at radius 3 is 3.00 bits per heavy atom. The summed E-state index contributed by atoms with van der Waals surface area (Å²) in [4.78, 5) is 15.9. The Bertz CT molecular complexity index is 457. The Morgan fingerprint density at radius 2 is 2.25 bits per heavy atom. The summed E-state index contributed by atoms with van der Waals surface area (Å²) >= 11 is 0. The highest BCUT2D eigenvalue weighted by Crippen LogP contribution is 2.37. The standard InChI is InChI=1S/C15H20N2O3/c18-14(12-5-4-8-16-9-12)17-10-13-11-19-15(20-13)6-2-1-3-7-15/h4-5,8-9,13H,1-3,6-7,10-11H2,(H,17,18)/t13-/m0/s1. The number of carbonyl (C=O) groups is 1. The number of hydrogen-bond acceptors (Lipinski definition) is 4. The normalized spacial score (nSPS) is 24.7. The molecule has 0 unspecified atom stereocenters. The summed E-state index contributed by atoms with van der Waals surface area (Å²) in [5.74, 6) is -0.492. The monoisotopic (exact) mass is 276 g/mol. The maximum absolute atomic E-state index is 11.9. The van der Waals surface area contributed by atoms with Crippen LogP contribution in [-0.4, -0.2) is 35.9 Å². The molecule has 1 aromatic heterocycles. The molecular weight excluding hydrogens is 256 g/mol. The number of pyridine rings is 1. The van der Waals surface area contributed by atoms with E-state index in [1.807, 2.05) is 0 Å². The number of nitrogens with zero attached hydrogens (tertiary/aromatic N) is 1. The highest BCUT2D eigenvalue weighted by molar-refractivity contribution is 5.93. The molecule has 0 radical (unpaired) electrons. The van der Waals surface area contributed by atoms with Gasteiger partial charge in [0.2, 0.25) is 0 Å². The molecule has 20 heavy (non-hydrogen) atoms. The van der Waals surface area contributed by atoms with Crippen LogP contribution in [0.4, 0.5) is 0 Å². The summed E-state index contributed by atoms with van der Waals surface area (Å²) in [5, 5.41) is 2.88. The van der Waals surface area contributed by atoms with Gasteiger partial charge in [-0.25, -0.2) is 0 Å². The van der Waals surface area contributed by atoms with Crippen molar-refractivity contribution in [3.63, 3.8) is 0 Å². The number of rotatable bonds is 3. The van der Waals surface area contributed by atoms with E-state index in [0.717, 1.165) is 25.7 Å². The van der Waals surface area contributed by atoms with E-state index in [-0.39, 0.29) is 17.8 Å². The van der Waals surface area contributed by atoms with Gasteiger partial charge >= 0.3 is 0 Å². The molecule has 5 heteroatoms. The van der Waals surface area contributed by atoms with E-state index in [1.165, 1.54) is 6.42 Å². The molecule has 2 aliphatic rings. The van der Waals surface area contributed by atoms with Crippen LogP contribution in [0.5, 0.6) is 0 Å². The summed E-state index contributed by atoms with van der Waals surface area (Å²) in [7, 11) is 0. The van der Waals surface area contributed by atoms with Gasteiger partial charge in [-0.3, -0.25) is 9.78 Å². The number of hydrogen-bond donors (Lipinski definition) is 1. The fourth-order valence-electron chi connectivity index (χ4n) is 2.88. The first kappa shape index (κ1) is 13.5. The second-order valence-corrected chi connectivity index (χ2v) is 5.47. The molecule has 1 saturated carbocycles. The molecule has 1 spiro atoms.